The molecule has 4 aliphatic rings. The Labute approximate surface area is 397 Å². The first-order valence-corrected chi connectivity index (χ1v) is 24.1. The van der Waals surface area contributed by atoms with Gasteiger partial charge in [-0.25, -0.2) is 9.97 Å². The summed E-state index contributed by atoms with van der Waals surface area (Å²) in [6.45, 7) is 2.54. The summed E-state index contributed by atoms with van der Waals surface area (Å²) in [7, 11) is 3.80. The van der Waals surface area contributed by atoms with Crippen LogP contribution < -0.4 is 11.5 Å². The fraction of sp³-hybridized carbons (Fsp3) is 0.370. The van der Waals surface area contributed by atoms with Gasteiger partial charge in [0.1, 0.15) is 22.7 Å². The van der Waals surface area contributed by atoms with Crippen molar-refractivity contribution in [1.29, 1.82) is 0 Å². The zero-order valence-corrected chi connectivity index (χ0v) is 38.8. The number of rotatable bonds is 13. The first kappa shape index (κ1) is 44.9. The first-order valence-electron chi connectivity index (χ1n) is 24.1. The van der Waals surface area contributed by atoms with Gasteiger partial charge in [-0.2, -0.15) is 0 Å². The lowest BCUT2D eigenvalue weighted by Gasteiger charge is -2.41. The van der Waals surface area contributed by atoms with Crippen LogP contribution in [0.2, 0.25) is 0 Å². The van der Waals surface area contributed by atoms with E-state index in [1.165, 1.54) is 0 Å². The third-order valence-electron chi connectivity index (χ3n) is 15.7. The van der Waals surface area contributed by atoms with E-state index in [0.717, 1.165) is 94.9 Å². The highest BCUT2D eigenvalue weighted by Crippen LogP contribution is 2.46. The molecule has 350 valence electrons. The van der Waals surface area contributed by atoms with E-state index in [9.17, 15) is 19.2 Å². The number of hydrogen-bond acceptors (Lipinski definition) is 8. The molecule has 4 fully saturated rings. The Kier molecular flexibility index (Phi) is 12.1. The van der Waals surface area contributed by atoms with Crippen LogP contribution in [-0.4, -0.2) is 115 Å². The van der Waals surface area contributed by atoms with Crippen molar-refractivity contribution >= 4 is 23.6 Å². The number of carbonyl (C=O) groups is 4. The van der Waals surface area contributed by atoms with Crippen LogP contribution >= 0.6 is 0 Å². The van der Waals surface area contributed by atoms with Crippen LogP contribution in [0.4, 0.5) is 0 Å². The minimum Gasteiger partial charge on any atom is -0.368 e. The second-order valence-corrected chi connectivity index (χ2v) is 19.2. The minimum absolute atomic E-state index is 0.0966. The number of nitrogens with two attached hydrogens (primary N) is 2. The zero-order valence-electron chi connectivity index (χ0n) is 38.8. The van der Waals surface area contributed by atoms with Gasteiger partial charge in [0.05, 0.1) is 47.7 Å². The van der Waals surface area contributed by atoms with Crippen LogP contribution in [0.3, 0.4) is 0 Å². The normalized spacial score (nSPS) is 24.1. The molecule has 4 aromatic carbocycles. The van der Waals surface area contributed by atoms with Crippen LogP contribution in [0.15, 0.2) is 122 Å². The van der Waals surface area contributed by atoms with E-state index in [2.05, 4.69) is 58.5 Å². The molecule has 6 aromatic rings. The molecule has 14 nitrogen and oxygen atoms in total. The summed E-state index contributed by atoms with van der Waals surface area (Å²) in [5, 5.41) is 0. The summed E-state index contributed by atoms with van der Waals surface area (Å²) in [6, 6.07) is 35.4. The maximum atomic E-state index is 14.8. The number of primary amides is 2. The number of likely N-dealkylation sites (N-methyl/N-ethyl adjacent to an activating group) is 2. The van der Waals surface area contributed by atoms with Gasteiger partial charge in [-0.05, 0) is 112 Å². The topological polar surface area (TPSA) is 191 Å². The molecule has 4 saturated heterocycles. The van der Waals surface area contributed by atoms with Gasteiger partial charge in [0.15, 0.2) is 0 Å². The van der Waals surface area contributed by atoms with Gasteiger partial charge in [0, 0.05) is 13.1 Å². The van der Waals surface area contributed by atoms with Gasteiger partial charge in [-0.1, -0.05) is 109 Å². The first-order chi connectivity index (χ1) is 33.0. The third-order valence-corrected chi connectivity index (χ3v) is 15.7. The van der Waals surface area contributed by atoms with E-state index in [0.29, 0.717) is 39.0 Å². The van der Waals surface area contributed by atoms with Crippen molar-refractivity contribution in [3.63, 3.8) is 0 Å². The average molecular weight is 913 g/mol. The number of imidazole rings is 2. The quantitative estimate of drug-likeness (QED) is 0.0960. The molecule has 4 amide bonds. The number of likely N-dealkylation sites (tertiary alicyclic amines) is 4. The predicted octanol–water partition coefficient (Wildman–Crippen LogP) is 6.93. The molecule has 4 aliphatic heterocycles. The summed E-state index contributed by atoms with van der Waals surface area (Å²) in [5.74, 6) is -1.14. The number of carbonyl (C=O) groups excluding carboxylic acids is 4. The van der Waals surface area contributed by atoms with Gasteiger partial charge >= 0.3 is 0 Å². The van der Waals surface area contributed by atoms with Crippen molar-refractivity contribution in [2.45, 2.75) is 86.4 Å². The Bertz CT molecular complexity index is 2600. The molecule has 6 atom stereocenters. The molecule has 2 aromatic heterocycles. The number of aromatic nitrogens is 4. The van der Waals surface area contributed by atoms with Crippen molar-refractivity contribution in [1.82, 2.24) is 39.5 Å². The Morgan fingerprint density at radius 1 is 0.529 bits per heavy atom. The second-order valence-electron chi connectivity index (χ2n) is 19.2. The van der Waals surface area contributed by atoms with Crippen molar-refractivity contribution in [2.75, 3.05) is 40.3 Å². The molecule has 2 unspecified atom stereocenters. The number of amides is 4. The lowest BCUT2D eigenvalue weighted by molar-refractivity contribution is -0.143. The number of nitrogens with zero attached hydrogens (tertiary/aromatic N) is 6. The van der Waals surface area contributed by atoms with Crippen LogP contribution in [0.25, 0.3) is 33.6 Å². The molecule has 10 rings (SSSR count). The fourth-order valence-corrected chi connectivity index (χ4v) is 12.1. The summed E-state index contributed by atoms with van der Waals surface area (Å²) in [6.07, 6.45) is 9.49. The van der Waals surface area contributed by atoms with Gasteiger partial charge in [0.2, 0.25) is 23.6 Å². The molecule has 6 N–H and O–H groups in total. The lowest BCUT2D eigenvalue weighted by atomic mass is 9.75. The van der Waals surface area contributed by atoms with E-state index >= 15 is 0 Å². The lowest BCUT2D eigenvalue weighted by Crippen LogP contribution is -2.60. The summed E-state index contributed by atoms with van der Waals surface area (Å²) >= 11 is 0. The smallest absolute Gasteiger partial charge is 0.239 e. The number of aromatic amines is 2. The molecule has 0 spiro atoms. The number of hydrogen-bond donors (Lipinski definition) is 4. The van der Waals surface area contributed by atoms with Crippen molar-refractivity contribution in [3.8, 4) is 33.6 Å². The molecule has 0 bridgehead atoms. The van der Waals surface area contributed by atoms with E-state index in [1.807, 2.05) is 107 Å². The van der Waals surface area contributed by atoms with E-state index < -0.39 is 34.7 Å². The van der Waals surface area contributed by atoms with Crippen molar-refractivity contribution < 1.29 is 19.2 Å². The molecule has 0 radical (unpaired) electrons. The SMILES string of the molecule is CN1CCCC1(C(N)=O)[C@H](C(=O)N1CCC[C@H]1c1ncc(-c2ccc(-c3ccc(-c4cnc([C@@H]5CCCN5C(=O)[C@H](c5ccccc5)C5(C(N)=O)CCCN5C)[nH]4)cc3)cc2)[nH]1)c1ccccc1. The predicted molar refractivity (Wildman–Crippen MR) is 260 cm³/mol. The molecule has 6 heterocycles. The number of nitrogens with one attached hydrogen (secondary N) is 2. The maximum Gasteiger partial charge on any atom is 0.239 e. The average Bonchev–Trinajstić information content (AvgIpc) is 4.23. The van der Waals surface area contributed by atoms with E-state index in [4.69, 9.17) is 21.4 Å². The van der Waals surface area contributed by atoms with Crippen molar-refractivity contribution in [2.24, 2.45) is 11.5 Å². The van der Waals surface area contributed by atoms with E-state index in [-0.39, 0.29) is 23.9 Å². The monoisotopic (exact) mass is 912 g/mol. The van der Waals surface area contributed by atoms with Crippen LogP contribution in [0.5, 0.6) is 0 Å². The molecule has 0 aliphatic carbocycles. The molecule has 0 saturated carbocycles. The highest BCUT2D eigenvalue weighted by Gasteiger charge is 2.57. The third kappa shape index (κ3) is 7.69. The maximum absolute atomic E-state index is 14.8. The molecule has 68 heavy (non-hydrogen) atoms. The minimum atomic E-state index is -1.11. The van der Waals surface area contributed by atoms with Crippen LogP contribution in [0, 0.1) is 0 Å². The zero-order chi connectivity index (χ0) is 47.2. The highest BCUT2D eigenvalue weighted by molar-refractivity contribution is 5.98. The van der Waals surface area contributed by atoms with Gasteiger partial charge < -0.3 is 31.2 Å². The molecular formula is C54H60N10O4. The Morgan fingerprint density at radius 3 is 1.24 bits per heavy atom. The van der Waals surface area contributed by atoms with Gasteiger partial charge in [-0.15, -0.1) is 0 Å². The summed E-state index contributed by atoms with van der Waals surface area (Å²) in [5.41, 5.74) is 17.5. The second kappa shape index (κ2) is 18.3. The van der Waals surface area contributed by atoms with Crippen molar-refractivity contribution in [3.05, 3.63) is 144 Å². The summed E-state index contributed by atoms with van der Waals surface area (Å²) in [4.78, 5) is 80.6. The summed E-state index contributed by atoms with van der Waals surface area (Å²) < 4.78 is 0. The standard InChI is InChI=1S/C54H60N10O4/c1-61-29-11-27-53(61,51(55)67)45(39-13-5-3-6-14-39)49(65)63-31-9-17-43(63)47-57-33-41(59-47)37-23-19-35(20-24-37)36-21-25-38(26-22-36)42-34-58-48(60-42)44-18-10-32-64(44)50(66)46(40-15-7-4-8-16-40)54(52(56)68)28-12-30-62(54)2/h3-8,13-16,19-26,33-34,43-46H,9-12,17-18,27-32H2,1-2H3,(H2,55,67)(H2,56,68)(H,57,59)(H,58,60)/t43-,44-,45-,46-,53?,54?/m0/s1. The van der Waals surface area contributed by atoms with E-state index in [1.54, 1.807) is 0 Å². The highest BCUT2D eigenvalue weighted by atomic mass is 16.2. The Balaban J connectivity index is 0.830. The Morgan fingerprint density at radius 2 is 0.897 bits per heavy atom. The largest absolute Gasteiger partial charge is 0.368 e. The Hall–Kier alpha value is -6.90. The van der Waals surface area contributed by atoms with Gasteiger partial charge in [0.25, 0.3) is 0 Å². The molecular weight excluding hydrogens is 853 g/mol. The van der Waals surface area contributed by atoms with Crippen LogP contribution in [0.1, 0.15) is 98.1 Å². The van der Waals surface area contributed by atoms with Crippen LogP contribution in [-0.2, 0) is 19.2 Å². The molecule has 14 heteroatoms. The number of H-pyrrole nitrogens is 2. The number of benzene rings is 4. The van der Waals surface area contributed by atoms with Gasteiger partial charge in [-0.3, -0.25) is 29.0 Å². The fourth-order valence-electron chi connectivity index (χ4n) is 12.1.